The first kappa shape index (κ1) is 21.0. The van der Waals surface area contributed by atoms with Gasteiger partial charge in [-0.25, -0.2) is 13.1 Å². The molecule has 162 valence electrons. The summed E-state index contributed by atoms with van der Waals surface area (Å²) in [5.41, 5.74) is -0.483. The van der Waals surface area contributed by atoms with Crippen molar-refractivity contribution in [1.29, 1.82) is 0 Å². The number of anilines is 1. The third-order valence-electron chi connectivity index (χ3n) is 7.40. The van der Waals surface area contributed by atoms with Crippen LogP contribution in [0.4, 0.5) is 18.9 Å². The molecule has 4 aliphatic rings. The minimum atomic E-state index is -4.74. The Kier molecular flexibility index (Phi) is 5.17. The molecule has 2 unspecified atom stereocenters. The van der Waals surface area contributed by atoms with Crippen molar-refractivity contribution in [2.45, 2.75) is 57.0 Å². The Labute approximate surface area is 170 Å². The van der Waals surface area contributed by atoms with Gasteiger partial charge in [-0.3, -0.25) is 0 Å². The summed E-state index contributed by atoms with van der Waals surface area (Å²) in [7, 11) is -4.20. The topological polar surface area (TPSA) is 58.2 Å². The zero-order chi connectivity index (χ0) is 21.0. The van der Waals surface area contributed by atoms with Crippen molar-refractivity contribution in [2.24, 2.45) is 29.1 Å². The Morgan fingerprint density at radius 1 is 1.10 bits per heavy atom. The number of rotatable bonds is 7. The van der Waals surface area contributed by atoms with E-state index in [1.165, 1.54) is 18.9 Å². The van der Waals surface area contributed by atoms with E-state index >= 15 is 0 Å². The van der Waals surface area contributed by atoms with Gasteiger partial charge in [0.25, 0.3) is 0 Å². The predicted molar refractivity (Wildman–Crippen MR) is 106 cm³/mol. The predicted octanol–water partition coefficient (Wildman–Crippen LogP) is 4.88. The van der Waals surface area contributed by atoms with Gasteiger partial charge in [-0.15, -0.1) is 0 Å². The number of nitrogens with one attached hydrogen (secondary N) is 2. The van der Waals surface area contributed by atoms with Crippen LogP contribution in [0.1, 0.15) is 51.5 Å². The van der Waals surface area contributed by atoms with Crippen LogP contribution in [0.3, 0.4) is 0 Å². The summed E-state index contributed by atoms with van der Waals surface area (Å²) in [5, 5.41) is 3.14. The van der Waals surface area contributed by atoms with Crippen molar-refractivity contribution in [3.63, 3.8) is 0 Å². The first-order valence-corrected chi connectivity index (χ1v) is 11.9. The zero-order valence-corrected chi connectivity index (χ0v) is 17.7. The van der Waals surface area contributed by atoms with Gasteiger partial charge in [0.1, 0.15) is 0 Å². The minimum Gasteiger partial charge on any atom is -0.385 e. The van der Waals surface area contributed by atoms with E-state index in [2.05, 4.69) is 23.9 Å². The molecule has 0 spiro atoms. The summed E-state index contributed by atoms with van der Waals surface area (Å²) in [6.45, 7) is 5.38. The van der Waals surface area contributed by atoms with Gasteiger partial charge in [0.15, 0.2) is 0 Å². The monoisotopic (exact) mass is 430 g/mol. The lowest BCUT2D eigenvalue weighted by Gasteiger charge is -2.60. The molecule has 2 N–H and O–H groups in total. The fourth-order valence-corrected chi connectivity index (χ4v) is 6.50. The van der Waals surface area contributed by atoms with E-state index < -0.39 is 26.7 Å². The molecule has 3 atom stereocenters. The first-order valence-electron chi connectivity index (χ1n) is 10.4. The lowest BCUT2D eigenvalue weighted by Crippen LogP contribution is -2.53. The normalized spacial score (nSPS) is 28.7. The molecule has 4 saturated carbocycles. The van der Waals surface area contributed by atoms with Gasteiger partial charge >= 0.3 is 6.18 Å². The van der Waals surface area contributed by atoms with Crippen molar-refractivity contribution < 1.29 is 21.6 Å². The highest BCUT2D eigenvalue weighted by atomic mass is 32.2. The highest BCUT2D eigenvalue weighted by Crippen LogP contribution is 2.61. The minimum absolute atomic E-state index is 0.194. The van der Waals surface area contributed by atoms with Gasteiger partial charge in [-0.1, -0.05) is 13.8 Å². The maximum Gasteiger partial charge on any atom is 0.417 e. The largest absolute Gasteiger partial charge is 0.417 e. The fourth-order valence-electron chi connectivity index (χ4n) is 5.18. The molecule has 29 heavy (non-hydrogen) atoms. The molecule has 4 fully saturated rings. The van der Waals surface area contributed by atoms with Crippen LogP contribution in [0.25, 0.3) is 0 Å². The van der Waals surface area contributed by atoms with Crippen molar-refractivity contribution in [3.05, 3.63) is 23.8 Å². The van der Waals surface area contributed by atoms with Crippen molar-refractivity contribution >= 4 is 15.7 Å². The molecule has 4 aliphatic carbocycles. The first-order chi connectivity index (χ1) is 13.5. The molecule has 8 heteroatoms. The van der Waals surface area contributed by atoms with Gasteiger partial charge in [0, 0.05) is 18.8 Å². The quantitative estimate of drug-likeness (QED) is 0.648. The number of sulfonamides is 1. The van der Waals surface area contributed by atoms with Crippen molar-refractivity contribution in [2.75, 3.05) is 18.4 Å². The maximum atomic E-state index is 13.6. The van der Waals surface area contributed by atoms with E-state index in [9.17, 15) is 21.6 Å². The number of halogens is 3. The Bertz CT molecular complexity index is 876. The lowest BCUT2D eigenvalue weighted by molar-refractivity contribution is -0.139. The number of fused-ring (bicyclic) bond motifs is 2. The fraction of sp³-hybridized carbons (Fsp3) is 0.714. The summed E-state index contributed by atoms with van der Waals surface area (Å²) in [5.74, 6) is 2.05. The molecule has 0 aromatic heterocycles. The Morgan fingerprint density at radius 3 is 2.41 bits per heavy atom. The number of hydrogen-bond acceptors (Lipinski definition) is 3. The summed E-state index contributed by atoms with van der Waals surface area (Å²) >= 11 is 0. The zero-order valence-electron chi connectivity index (χ0n) is 16.8. The lowest BCUT2D eigenvalue weighted by atomic mass is 9.45. The second-order valence-electron chi connectivity index (χ2n) is 9.58. The Hall–Kier alpha value is -1.28. The molecular formula is C21H29F3N2O2S. The maximum absolute atomic E-state index is 13.6. The third kappa shape index (κ3) is 4.15. The van der Waals surface area contributed by atoms with Crippen LogP contribution in [-0.4, -0.2) is 21.5 Å². The van der Waals surface area contributed by atoms with Crippen LogP contribution >= 0.6 is 0 Å². The van der Waals surface area contributed by atoms with E-state index in [1.807, 2.05) is 0 Å². The number of benzene rings is 1. The molecular weight excluding hydrogens is 401 g/mol. The van der Waals surface area contributed by atoms with E-state index in [0.29, 0.717) is 29.5 Å². The van der Waals surface area contributed by atoms with Crippen LogP contribution in [-0.2, 0) is 16.2 Å². The van der Waals surface area contributed by atoms with Gasteiger partial charge < -0.3 is 5.32 Å². The summed E-state index contributed by atoms with van der Waals surface area (Å²) < 4.78 is 68.0. The van der Waals surface area contributed by atoms with E-state index in [4.69, 9.17) is 0 Å². The highest BCUT2D eigenvalue weighted by molar-refractivity contribution is 7.89. The molecule has 0 amide bonds. The molecule has 1 aromatic rings. The van der Waals surface area contributed by atoms with Gasteiger partial charge in [0.2, 0.25) is 10.0 Å². The second-order valence-corrected chi connectivity index (χ2v) is 11.3. The van der Waals surface area contributed by atoms with Crippen molar-refractivity contribution in [1.82, 2.24) is 4.72 Å². The van der Waals surface area contributed by atoms with Gasteiger partial charge in [-0.2, -0.15) is 13.2 Å². The molecule has 0 heterocycles. The highest BCUT2D eigenvalue weighted by Gasteiger charge is 2.53. The number of alkyl halides is 3. The van der Waals surface area contributed by atoms with Crippen LogP contribution in [0.15, 0.2) is 23.1 Å². The van der Waals surface area contributed by atoms with Crippen molar-refractivity contribution in [3.8, 4) is 0 Å². The molecule has 2 bridgehead atoms. The number of hydrogen-bond donors (Lipinski definition) is 2. The molecule has 5 rings (SSSR count). The van der Waals surface area contributed by atoms with E-state index in [0.717, 1.165) is 37.3 Å². The summed E-state index contributed by atoms with van der Waals surface area (Å²) in [6.07, 6.45) is 0.559. The summed E-state index contributed by atoms with van der Waals surface area (Å²) in [4.78, 5) is -0.697. The summed E-state index contributed by atoms with van der Waals surface area (Å²) in [6, 6.07) is 3.45. The molecule has 0 radical (unpaired) electrons. The van der Waals surface area contributed by atoms with Crippen LogP contribution in [0.2, 0.25) is 0 Å². The van der Waals surface area contributed by atoms with Crippen LogP contribution in [0, 0.1) is 29.1 Å². The van der Waals surface area contributed by atoms with Crippen LogP contribution in [0.5, 0.6) is 0 Å². The van der Waals surface area contributed by atoms with Gasteiger partial charge in [0.05, 0.1) is 10.5 Å². The van der Waals surface area contributed by atoms with E-state index in [-0.39, 0.29) is 12.5 Å². The molecule has 1 aromatic carbocycles. The second kappa shape index (κ2) is 7.15. The Balaban J connectivity index is 1.50. The van der Waals surface area contributed by atoms with Gasteiger partial charge in [-0.05, 0) is 79.4 Å². The standard InChI is InChI=1S/C21H29F3N2O2S/c1-20(2)15-6-5-14(17(20)9-15)12-25-16-7-8-19(18(10-16)21(22,23)24)29(27,28)26-11-13-3-4-13/h7-8,10,13-15,17,25-26H,3-6,9,11-12H2,1-2H3/t14-,15?,17?/m1/s1. The third-order valence-corrected chi connectivity index (χ3v) is 8.88. The smallest absolute Gasteiger partial charge is 0.385 e. The molecule has 4 nitrogen and oxygen atoms in total. The average Bonchev–Trinajstić information content (AvgIpc) is 3.48. The van der Waals surface area contributed by atoms with E-state index in [1.54, 1.807) is 0 Å². The average molecular weight is 431 g/mol. The SMILES string of the molecule is CC1(C)C2CC[C@H](CNc3ccc(S(=O)(=O)NCC4CC4)c(C(F)(F)F)c3)C1C2. The molecule has 0 aliphatic heterocycles. The van der Waals surface area contributed by atoms with Crippen LogP contribution < -0.4 is 10.0 Å². The Morgan fingerprint density at radius 2 is 1.83 bits per heavy atom. The molecule has 0 saturated heterocycles.